The van der Waals surface area contributed by atoms with Crippen molar-refractivity contribution in [3.63, 3.8) is 0 Å². The van der Waals surface area contributed by atoms with Gasteiger partial charge < -0.3 is 74.4 Å². The number of fused-ring (bicyclic) bond motifs is 4. The molecule has 0 aromatic rings. The Morgan fingerprint density at radius 1 is 0.667 bits per heavy atom. The Kier molecular flexibility index (Phi) is 7.05. The zero-order valence-electron chi connectivity index (χ0n) is 17.4. The van der Waals surface area contributed by atoms with Crippen LogP contribution in [0.4, 0.5) is 0 Å². The summed E-state index contributed by atoms with van der Waals surface area (Å²) in [5.41, 5.74) is 0. The van der Waals surface area contributed by atoms with Crippen LogP contribution in [0.2, 0.25) is 0 Å². The number of ether oxygens (including phenoxy) is 6. The summed E-state index contributed by atoms with van der Waals surface area (Å²) in [4.78, 5) is 0. The van der Waals surface area contributed by atoms with E-state index in [1.165, 1.54) is 0 Å². The van der Waals surface area contributed by atoms with Crippen LogP contribution in [0.1, 0.15) is 0 Å². The molecule has 0 saturated carbocycles. The van der Waals surface area contributed by atoms with Gasteiger partial charge in [-0.2, -0.15) is 0 Å². The van der Waals surface area contributed by atoms with Gasteiger partial charge in [0.15, 0.2) is 0 Å². The van der Waals surface area contributed by atoms with Crippen molar-refractivity contribution in [2.24, 2.45) is 0 Å². The highest BCUT2D eigenvalue weighted by molar-refractivity contribution is 5.03. The zero-order valence-corrected chi connectivity index (χ0v) is 17.4. The van der Waals surface area contributed by atoms with Gasteiger partial charge in [0, 0.05) is 0 Å². The molecule has 4 heterocycles. The molecule has 0 aromatic carbocycles. The first-order chi connectivity index (χ1) is 15.6. The smallest absolute Gasteiger partial charge is 0.222 e. The van der Waals surface area contributed by atoms with Gasteiger partial charge in [0.25, 0.3) is 0 Å². The van der Waals surface area contributed by atoms with Crippen LogP contribution in [-0.2, 0) is 28.4 Å². The molecule has 4 aliphatic rings. The van der Waals surface area contributed by atoms with Crippen LogP contribution in [0.5, 0.6) is 0 Å². The monoisotopic (exact) mass is 486 g/mol. The topological polar surface area (TPSA) is 237 Å². The SMILES string of the molecule is OC[C@H]1O[C@@](CO)(OCC23OC[C@H]4OC(CO)(OC[C@@H](O2)[C@@H](O)[C@@H]3O)[C@@H](O)[C@@H]4O)[C@@H](O)[C@@H]1O. The van der Waals surface area contributed by atoms with E-state index in [-0.39, 0.29) is 0 Å². The lowest BCUT2D eigenvalue weighted by atomic mass is 10.0. The van der Waals surface area contributed by atoms with Crippen molar-refractivity contribution in [3.8, 4) is 0 Å². The van der Waals surface area contributed by atoms with E-state index in [1.54, 1.807) is 0 Å². The lowest BCUT2D eigenvalue weighted by Crippen LogP contribution is -2.56. The van der Waals surface area contributed by atoms with Crippen LogP contribution in [0.3, 0.4) is 0 Å². The Hall–Kier alpha value is -0.600. The molecule has 192 valence electrons. The zero-order chi connectivity index (χ0) is 24.2. The van der Waals surface area contributed by atoms with Gasteiger partial charge in [-0.1, -0.05) is 0 Å². The molecule has 15 heteroatoms. The molecular weight excluding hydrogens is 456 g/mol. The first kappa shape index (κ1) is 25.5. The quantitative estimate of drug-likeness (QED) is 0.170. The van der Waals surface area contributed by atoms with Crippen molar-refractivity contribution in [2.45, 2.75) is 72.3 Å². The highest BCUT2D eigenvalue weighted by Crippen LogP contribution is 2.41. The fourth-order valence-electron chi connectivity index (χ4n) is 4.53. The molecule has 9 N–H and O–H groups in total. The Bertz CT molecular complexity index is 698. The molecule has 0 radical (unpaired) electrons. The lowest BCUT2D eigenvalue weighted by molar-refractivity contribution is -0.356. The average Bonchev–Trinajstić information content (AvgIpc) is 3.32. The minimum absolute atomic E-state index is 0.504. The predicted octanol–water partition coefficient (Wildman–Crippen LogP) is -6.52. The second kappa shape index (κ2) is 9.12. The third kappa shape index (κ3) is 3.90. The molecule has 4 saturated heterocycles. The van der Waals surface area contributed by atoms with Crippen molar-refractivity contribution in [2.75, 3.05) is 39.6 Å². The van der Waals surface area contributed by atoms with E-state index in [9.17, 15) is 46.0 Å². The summed E-state index contributed by atoms with van der Waals surface area (Å²) in [5, 5.41) is 91.0. The second-order valence-corrected chi connectivity index (χ2v) is 8.62. The Labute approximate surface area is 187 Å². The molecule has 4 bridgehead atoms. The number of aliphatic hydroxyl groups excluding tert-OH is 9. The van der Waals surface area contributed by atoms with Crippen molar-refractivity contribution in [1.82, 2.24) is 0 Å². The van der Waals surface area contributed by atoms with Gasteiger partial charge in [0.2, 0.25) is 17.4 Å². The first-order valence-corrected chi connectivity index (χ1v) is 10.4. The van der Waals surface area contributed by atoms with Crippen molar-refractivity contribution >= 4 is 0 Å². The largest absolute Gasteiger partial charge is 0.394 e. The predicted molar refractivity (Wildman–Crippen MR) is 98.0 cm³/mol. The maximum Gasteiger partial charge on any atom is 0.222 e. The minimum Gasteiger partial charge on any atom is -0.394 e. The van der Waals surface area contributed by atoms with Crippen LogP contribution in [0.15, 0.2) is 0 Å². The molecule has 0 spiro atoms. The molecule has 4 fully saturated rings. The van der Waals surface area contributed by atoms with E-state index in [0.717, 1.165) is 0 Å². The van der Waals surface area contributed by atoms with Crippen LogP contribution >= 0.6 is 0 Å². The average molecular weight is 486 g/mol. The first-order valence-electron chi connectivity index (χ1n) is 10.4. The summed E-state index contributed by atoms with van der Waals surface area (Å²) in [7, 11) is 0. The third-order valence-corrected chi connectivity index (χ3v) is 6.64. The highest BCUT2D eigenvalue weighted by atomic mass is 16.8. The van der Waals surface area contributed by atoms with Crippen molar-refractivity contribution in [1.29, 1.82) is 0 Å². The van der Waals surface area contributed by atoms with Gasteiger partial charge in [-0.3, -0.25) is 0 Å². The van der Waals surface area contributed by atoms with E-state index in [0.29, 0.717) is 0 Å². The molecule has 33 heavy (non-hydrogen) atoms. The fraction of sp³-hybridized carbons (Fsp3) is 1.00. The lowest BCUT2D eigenvalue weighted by Gasteiger charge is -2.38. The van der Waals surface area contributed by atoms with Gasteiger partial charge in [0.1, 0.15) is 74.8 Å². The second-order valence-electron chi connectivity index (χ2n) is 8.62. The molecule has 0 aromatic heterocycles. The maximum atomic E-state index is 10.7. The Balaban J connectivity index is 1.57. The van der Waals surface area contributed by atoms with E-state index >= 15 is 0 Å². The summed E-state index contributed by atoms with van der Waals surface area (Å²) < 4.78 is 33.1. The molecule has 15 nitrogen and oxygen atoms in total. The van der Waals surface area contributed by atoms with E-state index < -0.39 is 112 Å². The van der Waals surface area contributed by atoms with Gasteiger partial charge in [-0.25, -0.2) is 0 Å². The Morgan fingerprint density at radius 3 is 1.73 bits per heavy atom. The molecule has 12 atom stereocenters. The van der Waals surface area contributed by atoms with Gasteiger partial charge in [0.05, 0.1) is 19.8 Å². The van der Waals surface area contributed by atoms with Gasteiger partial charge in [-0.05, 0) is 0 Å². The van der Waals surface area contributed by atoms with E-state index in [2.05, 4.69) is 0 Å². The van der Waals surface area contributed by atoms with Gasteiger partial charge >= 0.3 is 0 Å². The molecule has 4 rings (SSSR count). The van der Waals surface area contributed by atoms with Crippen LogP contribution in [0, 0.1) is 0 Å². The molecule has 4 aliphatic heterocycles. The third-order valence-electron chi connectivity index (χ3n) is 6.64. The van der Waals surface area contributed by atoms with Crippen LogP contribution in [-0.4, -0.2) is 158 Å². The van der Waals surface area contributed by atoms with Crippen LogP contribution in [0.25, 0.3) is 0 Å². The highest BCUT2D eigenvalue weighted by Gasteiger charge is 2.63. The summed E-state index contributed by atoms with van der Waals surface area (Å²) in [5.74, 6) is -6.36. The maximum absolute atomic E-state index is 10.7. The molecule has 2 unspecified atom stereocenters. The number of hydrogen-bond acceptors (Lipinski definition) is 15. The fourth-order valence-corrected chi connectivity index (χ4v) is 4.53. The minimum atomic E-state index is -2.21. The molecular formula is C18H30O15. The standard InChI is InChI=1S/C18H30O15/c19-1-7-10(22)13(25)17(5-21,31-7)30-6-18-15(27)12(24)9(33-18)2-28-16(4-20)14(26)11(23)8(32-16)3-29-18/h7-15,19-27H,1-6H2/t7-,8-,9-,10-,11-,12-,13+,14+,15+,16?,17-,18?/m1/s1. The van der Waals surface area contributed by atoms with Gasteiger partial charge in [-0.15, -0.1) is 0 Å². The molecule has 0 aliphatic carbocycles. The molecule has 0 amide bonds. The summed E-state index contributed by atoms with van der Waals surface area (Å²) >= 11 is 0. The van der Waals surface area contributed by atoms with Crippen LogP contribution < -0.4 is 0 Å². The number of hydrogen-bond donors (Lipinski definition) is 9. The number of aliphatic hydroxyl groups is 9. The van der Waals surface area contributed by atoms with E-state index in [4.69, 9.17) is 28.4 Å². The van der Waals surface area contributed by atoms with Crippen molar-refractivity contribution in [3.05, 3.63) is 0 Å². The van der Waals surface area contributed by atoms with Crippen molar-refractivity contribution < 1.29 is 74.4 Å². The summed E-state index contributed by atoms with van der Waals surface area (Å²) in [6, 6.07) is 0. The Morgan fingerprint density at radius 2 is 1.21 bits per heavy atom. The summed E-state index contributed by atoms with van der Waals surface area (Å²) in [6.07, 6.45) is -13.7. The number of rotatable bonds is 6. The normalized spacial score (nSPS) is 54.6. The summed E-state index contributed by atoms with van der Waals surface area (Å²) in [6.45, 7) is -4.27. The van der Waals surface area contributed by atoms with E-state index in [1.807, 2.05) is 0 Å².